The molecule has 0 fully saturated rings. The van der Waals surface area contributed by atoms with Gasteiger partial charge in [-0.05, 0) is 58.8 Å². The van der Waals surface area contributed by atoms with Crippen LogP contribution < -0.4 is 10.5 Å². The van der Waals surface area contributed by atoms with Crippen LogP contribution in [0.4, 0.5) is 0 Å². The monoisotopic (exact) mass is 431 g/mol. The molecule has 0 aliphatic heterocycles. The molecular weight excluding hydrogens is 417 g/mol. The van der Waals surface area contributed by atoms with Crippen molar-refractivity contribution in [1.29, 1.82) is 0 Å². The summed E-state index contributed by atoms with van der Waals surface area (Å²) < 4.78 is 7.67. The first-order valence-corrected chi connectivity index (χ1v) is 7.75. The Bertz CT molecular complexity index is 601. The number of aryl methyl sites for hydroxylation is 1. The third-order valence-corrected chi connectivity index (χ3v) is 4.92. The summed E-state index contributed by atoms with van der Waals surface area (Å²) >= 11 is 5.86. The van der Waals surface area contributed by atoms with Crippen LogP contribution in [0, 0.1) is 10.5 Å². The largest absolute Gasteiger partial charge is 0.496 e. The van der Waals surface area contributed by atoms with Crippen LogP contribution in [0.5, 0.6) is 5.75 Å². The van der Waals surface area contributed by atoms with E-state index in [0.717, 1.165) is 30.5 Å². The molecule has 2 rings (SSSR count). The molecule has 1 unspecified atom stereocenters. The van der Waals surface area contributed by atoms with E-state index in [-0.39, 0.29) is 6.04 Å². The average Bonchev–Trinajstić information content (AvgIpc) is 2.41. The minimum atomic E-state index is -0.194. The van der Waals surface area contributed by atoms with E-state index in [1.54, 1.807) is 7.11 Å². The molecule has 0 aliphatic rings. The summed E-state index contributed by atoms with van der Waals surface area (Å²) in [6.07, 6.45) is 0. The lowest BCUT2D eigenvalue weighted by atomic mass is 9.98. The van der Waals surface area contributed by atoms with Gasteiger partial charge in [0.15, 0.2) is 0 Å². The minimum absolute atomic E-state index is 0.194. The second kappa shape index (κ2) is 6.24. The van der Waals surface area contributed by atoms with E-state index in [1.807, 2.05) is 31.2 Å². The Balaban J connectivity index is 2.52. The Kier molecular flexibility index (Phi) is 4.86. The van der Waals surface area contributed by atoms with Gasteiger partial charge in [0.05, 0.1) is 13.2 Å². The van der Waals surface area contributed by atoms with Crippen LogP contribution in [-0.4, -0.2) is 7.11 Å². The highest BCUT2D eigenvalue weighted by Crippen LogP contribution is 2.34. The second-order valence-corrected chi connectivity index (χ2v) is 6.36. The summed E-state index contributed by atoms with van der Waals surface area (Å²) in [5.74, 6) is 0.827. The number of nitrogens with two attached hydrogens (primary N) is 1. The Morgan fingerprint density at radius 1 is 1.21 bits per heavy atom. The molecule has 1 atom stereocenters. The molecule has 2 nitrogen and oxygen atoms in total. The molecule has 19 heavy (non-hydrogen) atoms. The molecule has 2 aromatic carbocycles. The molecule has 0 aromatic heterocycles. The van der Waals surface area contributed by atoms with Gasteiger partial charge in [0, 0.05) is 13.6 Å². The maximum Gasteiger partial charge on any atom is 0.124 e. The standard InChI is InChI=1S/C15H15BrINO/c1-9-7-14(19-2)11(8-12(9)16)15(18)10-5-3-4-6-13(10)17/h3-8,15H,18H2,1-2H3. The van der Waals surface area contributed by atoms with Gasteiger partial charge in [-0.15, -0.1) is 0 Å². The number of ether oxygens (including phenoxy) is 1. The van der Waals surface area contributed by atoms with Crippen molar-refractivity contribution >= 4 is 38.5 Å². The predicted molar refractivity (Wildman–Crippen MR) is 90.6 cm³/mol. The van der Waals surface area contributed by atoms with Crippen molar-refractivity contribution in [2.24, 2.45) is 5.73 Å². The Labute approximate surface area is 135 Å². The highest BCUT2D eigenvalue weighted by Gasteiger charge is 2.17. The van der Waals surface area contributed by atoms with E-state index in [2.05, 4.69) is 50.7 Å². The lowest BCUT2D eigenvalue weighted by molar-refractivity contribution is 0.407. The Hall–Kier alpha value is -0.590. The molecule has 0 saturated heterocycles. The molecule has 0 spiro atoms. The van der Waals surface area contributed by atoms with Crippen LogP contribution in [-0.2, 0) is 0 Å². The first-order chi connectivity index (χ1) is 9.04. The average molecular weight is 432 g/mol. The van der Waals surface area contributed by atoms with Gasteiger partial charge in [-0.1, -0.05) is 34.1 Å². The molecule has 100 valence electrons. The molecule has 2 N–H and O–H groups in total. The van der Waals surface area contributed by atoms with Crippen molar-refractivity contribution < 1.29 is 4.74 Å². The quantitative estimate of drug-likeness (QED) is 0.730. The Morgan fingerprint density at radius 2 is 1.89 bits per heavy atom. The second-order valence-electron chi connectivity index (χ2n) is 4.34. The predicted octanol–water partition coefficient (Wildman–Crippen LogP) is 4.42. The third kappa shape index (κ3) is 3.12. The molecule has 0 radical (unpaired) electrons. The molecule has 0 amide bonds. The maximum absolute atomic E-state index is 6.41. The fourth-order valence-electron chi connectivity index (χ4n) is 1.99. The van der Waals surface area contributed by atoms with Crippen molar-refractivity contribution in [2.45, 2.75) is 13.0 Å². The number of hydrogen-bond donors (Lipinski definition) is 1. The van der Waals surface area contributed by atoms with E-state index in [9.17, 15) is 0 Å². The van der Waals surface area contributed by atoms with Crippen LogP contribution >= 0.6 is 38.5 Å². The summed E-state index contributed by atoms with van der Waals surface area (Å²) in [6.45, 7) is 2.04. The van der Waals surface area contributed by atoms with Crippen molar-refractivity contribution in [3.05, 3.63) is 61.1 Å². The van der Waals surface area contributed by atoms with E-state index in [0.29, 0.717) is 0 Å². The number of benzene rings is 2. The van der Waals surface area contributed by atoms with Gasteiger partial charge < -0.3 is 10.5 Å². The van der Waals surface area contributed by atoms with Crippen molar-refractivity contribution in [2.75, 3.05) is 7.11 Å². The summed E-state index contributed by atoms with van der Waals surface area (Å²) in [7, 11) is 1.68. The molecule has 0 heterocycles. The summed E-state index contributed by atoms with van der Waals surface area (Å²) in [4.78, 5) is 0. The highest BCUT2D eigenvalue weighted by atomic mass is 127. The van der Waals surface area contributed by atoms with Crippen molar-refractivity contribution in [3.63, 3.8) is 0 Å². The minimum Gasteiger partial charge on any atom is -0.496 e. The van der Waals surface area contributed by atoms with E-state index >= 15 is 0 Å². The molecule has 0 bridgehead atoms. The summed E-state index contributed by atoms with van der Waals surface area (Å²) in [6, 6.07) is 12.0. The number of rotatable bonds is 3. The van der Waals surface area contributed by atoms with Gasteiger partial charge in [-0.25, -0.2) is 0 Å². The summed E-state index contributed by atoms with van der Waals surface area (Å²) in [5.41, 5.74) is 9.64. The van der Waals surface area contributed by atoms with Crippen molar-refractivity contribution in [3.8, 4) is 5.75 Å². The zero-order chi connectivity index (χ0) is 14.0. The number of halogens is 2. The first kappa shape index (κ1) is 14.8. The SMILES string of the molecule is COc1cc(C)c(Br)cc1C(N)c1ccccc1I. The number of methoxy groups -OCH3 is 1. The van der Waals surface area contributed by atoms with E-state index in [1.165, 1.54) is 0 Å². The van der Waals surface area contributed by atoms with Crippen LogP contribution in [0.2, 0.25) is 0 Å². The van der Waals surface area contributed by atoms with Gasteiger partial charge in [0.25, 0.3) is 0 Å². The van der Waals surface area contributed by atoms with E-state index < -0.39 is 0 Å². The lowest BCUT2D eigenvalue weighted by Crippen LogP contribution is -2.14. The fraction of sp³-hybridized carbons (Fsp3) is 0.200. The van der Waals surface area contributed by atoms with Gasteiger partial charge in [-0.3, -0.25) is 0 Å². The molecular formula is C15H15BrINO. The zero-order valence-electron chi connectivity index (χ0n) is 10.8. The van der Waals surface area contributed by atoms with Gasteiger partial charge >= 0.3 is 0 Å². The smallest absolute Gasteiger partial charge is 0.124 e. The van der Waals surface area contributed by atoms with Crippen LogP contribution in [0.15, 0.2) is 40.9 Å². The first-order valence-electron chi connectivity index (χ1n) is 5.88. The molecule has 2 aromatic rings. The maximum atomic E-state index is 6.41. The lowest BCUT2D eigenvalue weighted by Gasteiger charge is -2.18. The fourth-order valence-corrected chi connectivity index (χ4v) is 3.07. The highest BCUT2D eigenvalue weighted by molar-refractivity contribution is 14.1. The van der Waals surface area contributed by atoms with Gasteiger partial charge in [0.1, 0.15) is 5.75 Å². The summed E-state index contributed by atoms with van der Waals surface area (Å²) in [5, 5.41) is 0. The van der Waals surface area contributed by atoms with Crippen molar-refractivity contribution in [1.82, 2.24) is 0 Å². The third-order valence-electron chi connectivity index (χ3n) is 3.09. The van der Waals surface area contributed by atoms with Gasteiger partial charge in [-0.2, -0.15) is 0 Å². The van der Waals surface area contributed by atoms with Crippen LogP contribution in [0.3, 0.4) is 0 Å². The zero-order valence-corrected chi connectivity index (χ0v) is 14.5. The molecule has 4 heteroatoms. The van der Waals surface area contributed by atoms with Crippen LogP contribution in [0.25, 0.3) is 0 Å². The Morgan fingerprint density at radius 3 is 2.53 bits per heavy atom. The van der Waals surface area contributed by atoms with Gasteiger partial charge in [0.2, 0.25) is 0 Å². The van der Waals surface area contributed by atoms with Crippen LogP contribution in [0.1, 0.15) is 22.7 Å². The number of hydrogen-bond acceptors (Lipinski definition) is 2. The molecule has 0 aliphatic carbocycles. The topological polar surface area (TPSA) is 35.2 Å². The molecule has 0 saturated carbocycles. The van der Waals surface area contributed by atoms with E-state index in [4.69, 9.17) is 10.5 Å². The normalized spacial score (nSPS) is 12.3.